The summed E-state index contributed by atoms with van der Waals surface area (Å²) in [6.45, 7) is 3.62. The van der Waals surface area contributed by atoms with Crippen LogP contribution in [0.5, 0.6) is 0 Å². The molecule has 3 N–H and O–H groups in total. The smallest absolute Gasteiger partial charge is 0.317 e. The maximum atomic E-state index is 13.7. The van der Waals surface area contributed by atoms with Gasteiger partial charge < -0.3 is 19.9 Å². The minimum absolute atomic E-state index is 0.00190. The Morgan fingerprint density at radius 2 is 1.97 bits per heavy atom. The number of pyridine rings is 1. The molecule has 10 heteroatoms. The molecule has 0 aliphatic carbocycles. The van der Waals surface area contributed by atoms with Crippen molar-refractivity contribution in [2.75, 3.05) is 44.2 Å². The zero-order chi connectivity index (χ0) is 25.8. The van der Waals surface area contributed by atoms with Gasteiger partial charge in [-0.05, 0) is 54.8 Å². The number of nitrogens with one attached hydrogen (secondary N) is 2. The molecule has 0 unspecified atom stereocenters. The maximum Gasteiger partial charge on any atom is 0.317 e. The summed E-state index contributed by atoms with van der Waals surface area (Å²) in [5.74, 6) is 0.772. The van der Waals surface area contributed by atoms with Crippen LogP contribution in [0, 0.1) is 11.2 Å². The van der Waals surface area contributed by atoms with E-state index in [1.165, 1.54) is 6.07 Å². The predicted octanol–water partition coefficient (Wildman–Crippen LogP) is 3.64. The molecule has 0 bridgehead atoms. The van der Waals surface area contributed by atoms with Crippen LogP contribution in [0.25, 0.3) is 17.5 Å². The highest BCUT2D eigenvalue weighted by atomic mass is 19.1. The zero-order valence-corrected chi connectivity index (χ0v) is 20.5. The molecular formula is C27H30FN7O2. The van der Waals surface area contributed by atoms with Crippen molar-refractivity contribution in [3.05, 3.63) is 71.9 Å². The number of amidine groups is 1. The topological polar surface area (TPSA) is 112 Å². The van der Waals surface area contributed by atoms with Gasteiger partial charge in [-0.1, -0.05) is 18.2 Å². The van der Waals surface area contributed by atoms with Crippen molar-refractivity contribution in [1.29, 1.82) is 5.41 Å². The lowest BCUT2D eigenvalue weighted by Gasteiger charge is -2.34. The summed E-state index contributed by atoms with van der Waals surface area (Å²) < 4.78 is 13.7. The Labute approximate surface area is 214 Å². The van der Waals surface area contributed by atoms with Gasteiger partial charge in [-0.2, -0.15) is 0 Å². The van der Waals surface area contributed by atoms with Crippen LogP contribution in [-0.4, -0.2) is 80.9 Å². The largest absolute Gasteiger partial charge is 0.480 e. The maximum absolute atomic E-state index is 13.7. The van der Waals surface area contributed by atoms with E-state index in [1.54, 1.807) is 30.5 Å². The van der Waals surface area contributed by atoms with Crippen molar-refractivity contribution in [1.82, 2.24) is 24.8 Å². The van der Waals surface area contributed by atoms with E-state index in [0.29, 0.717) is 24.7 Å². The van der Waals surface area contributed by atoms with Crippen LogP contribution in [0.2, 0.25) is 0 Å². The molecule has 2 aromatic heterocycles. The number of benzene rings is 1. The first kappa shape index (κ1) is 24.6. The first-order chi connectivity index (χ1) is 18.0. The lowest BCUT2D eigenvalue weighted by Crippen LogP contribution is -2.48. The molecule has 0 saturated carbocycles. The number of rotatable bonds is 7. The number of carbonyl (C=O) groups is 1. The van der Waals surface area contributed by atoms with Crippen LogP contribution < -0.4 is 4.90 Å². The Kier molecular flexibility index (Phi) is 7.27. The molecule has 37 heavy (non-hydrogen) atoms. The summed E-state index contributed by atoms with van der Waals surface area (Å²) in [4.78, 5) is 29.5. The van der Waals surface area contributed by atoms with Crippen LogP contribution in [-0.2, 0) is 4.79 Å². The van der Waals surface area contributed by atoms with Gasteiger partial charge in [0.15, 0.2) is 0 Å². The fourth-order valence-corrected chi connectivity index (χ4v) is 5.00. The second-order valence-electron chi connectivity index (χ2n) is 9.35. The third-order valence-electron chi connectivity index (χ3n) is 6.86. The number of carboxylic acids is 1. The molecule has 2 fully saturated rings. The number of halogens is 1. The Hall–Kier alpha value is -4.05. The Morgan fingerprint density at radius 3 is 2.76 bits per heavy atom. The van der Waals surface area contributed by atoms with Gasteiger partial charge in [0.05, 0.1) is 30.2 Å². The van der Waals surface area contributed by atoms with Crippen molar-refractivity contribution >= 4 is 23.7 Å². The number of anilines is 1. The average Bonchev–Trinajstić information content (AvgIpc) is 3.58. The molecule has 4 heterocycles. The Balaban J connectivity index is 1.23. The van der Waals surface area contributed by atoms with Gasteiger partial charge >= 0.3 is 5.97 Å². The Morgan fingerprint density at radius 1 is 1.16 bits per heavy atom. The van der Waals surface area contributed by atoms with E-state index in [0.717, 1.165) is 55.2 Å². The highest BCUT2D eigenvalue weighted by Gasteiger charge is 2.27. The van der Waals surface area contributed by atoms with E-state index < -0.39 is 5.97 Å². The van der Waals surface area contributed by atoms with Gasteiger partial charge in [-0.3, -0.25) is 15.1 Å². The zero-order valence-electron chi connectivity index (χ0n) is 20.5. The fourth-order valence-electron chi connectivity index (χ4n) is 5.00. The highest BCUT2D eigenvalue weighted by molar-refractivity contribution is 5.94. The molecule has 0 spiro atoms. The van der Waals surface area contributed by atoms with Crippen molar-refractivity contribution in [3.8, 4) is 11.4 Å². The number of hydrogen-bond donors (Lipinski definition) is 3. The normalized spacial score (nSPS) is 18.6. The molecular weight excluding hydrogens is 473 g/mol. The lowest BCUT2D eigenvalue weighted by atomic mass is 10.0. The van der Waals surface area contributed by atoms with Crippen LogP contribution in [0.1, 0.15) is 30.3 Å². The molecule has 192 valence electrons. The second kappa shape index (κ2) is 10.9. The number of carboxylic acid groups (broad SMARTS) is 1. The fraction of sp³-hybridized carbons (Fsp3) is 0.333. The van der Waals surface area contributed by atoms with Crippen LogP contribution in [0.3, 0.4) is 0 Å². The summed E-state index contributed by atoms with van der Waals surface area (Å²) in [6, 6.07) is 12.4. The van der Waals surface area contributed by atoms with Crippen LogP contribution >= 0.6 is 0 Å². The van der Waals surface area contributed by atoms with Gasteiger partial charge in [-0.25, -0.2) is 14.4 Å². The standard InChI is InChI=1S/C27H30FN7O2/c28-20-5-1-4-19(16-20)23-7-3-11-35(23)24(29)9-10-25-30-17-22(31-25)21-6-2-8-26(32-21)34-14-12-33(13-15-34)18-27(36)37/h1-2,4-6,8-10,16-17,23,29H,3,7,11-15,18H2,(H,30,31)(H,36,37)/b10-9-,29-24?/t23-/m1/s1. The van der Waals surface area contributed by atoms with E-state index in [4.69, 9.17) is 15.5 Å². The first-order valence-electron chi connectivity index (χ1n) is 12.5. The van der Waals surface area contributed by atoms with E-state index in [2.05, 4.69) is 14.9 Å². The molecule has 1 aromatic carbocycles. The molecule has 1 atom stereocenters. The second-order valence-corrected chi connectivity index (χ2v) is 9.35. The van der Waals surface area contributed by atoms with Crippen LogP contribution in [0.15, 0.2) is 54.7 Å². The monoisotopic (exact) mass is 503 g/mol. The van der Waals surface area contributed by atoms with Gasteiger partial charge in [0, 0.05) is 32.7 Å². The number of aromatic amines is 1. The van der Waals surface area contributed by atoms with Gasteiger partial charge in [0.1, 0.15) is 23.3 Å². The number of aromatic nitrogens is 3. The SMILES string of the molecule is N=C(/C=C\c1ncc(-c2cccc(N3CCN(CC(=O)O)CC3)n2)[nH]1)N1CCC[C@@H]1c1cccc(F)c1. The summed E-state index contributed by atoms with van der Waals surface area (Å²) in [6.07, 6.45) is 7.07. The van der Waals surface area contributed by atoms with Crippen LogP contribution in [0.4, 0.5) is 10.2 Å². The van der Waals surface area contributed by atoms with Crippen molar-refractivity contribution in [3.63, 3.8) is 0 Å². The number of aliphatic carboxylic acids is 1. The van der Waals surface area contributed by atoms with E-state index in [1.807, 2.05) is 34.1 Å². The molecule has 9 nitrogen and oxygen atoms in total. The third kappa shape index (κ3) is 5.86. The predicted molar refractivity (Wildman–Crippen MR) is 140 cm³/mol. The van der Waals surface area contributed by atoms with Gasteiger partial charge in [0.2, 0.25) is 0 Å². The van der Waals surface area contributed by atoms with Crippen molar-refractivity contribution in [2.45, 2.75) is 18.9 Å². The lowest BCUT2D eigenvalue weighted by molar-refractivity contribution is -0.138. The minimum Gasteiger partial charge on any atom is -0.480 e. The summed E-state index contributed by atoms with van der Waals surface area (Å²) in [5.41, 5.74) is 2.43. The average molecular weight is 504 g/mol. The first-order valence-corrected chi connectivity index (χ1v) is 12.5. The summed E-state index contributed by atoms with van der Waals surface area (Å²) in [7, 11) is 0. The number of piperazine rings is 1. The number of hydrogen-bond acceptors (Lipinski definition) is 6. The molecule has 2 aliphatic heterocycles. The summed E-state index contributed by atoms with van der Waals surface area (Å²) >= 11 is 0. The number of likely N-dealkylation sites (tertiary alicyclic amines) is 1. The number of H-pyrrole nitrogens is 1. The van der Waals surface area contributed by atoms with Crippen molar-refractivity contribution < 1.29 is 14.3 Å². The minimum atomic E-state index is -0.806. The molecule has 3 aromatic rings. The summed E-state index contributed by atoms with van der Waals surface area (Å²) in [5, 5.41) is 17.6. The molecule has 0 radical (unpaired) electrons. The molecule has 5 rings (SSSR count). The Bertz CT molecular complexity index is 1300. The van der Waals surface area contributed by atoms with E-state index in [9.17, 15) is 9.18 Å². The number of nitrogens with zero attached hydrogens (tertiary/aromatic N) is 5. The highest BCUT2D eigenvalue weighted by Crippen LogP contribution is 2.32. The van der Waals surface area contributed by atoms with E-state index in [-0.39, 0.29) is 18.4 Å². The van der Waals surface area contributed by atoms with Gasteiger partial charge in [-0.15, -0.1) is 0 Å². The van der Waals surface area contributed by atoms with Gasteiger partial charge in [0.25, 0.3) is 0 Å². The van der Waals surface area contributed by atoms with E-state index >= 15 is 0 Å². The molecule has 0 amide bonds. The number of imidazole rings is 1. The third-order valence-corrected chi connectivity index (χ3v) is 6.86. The van der Waals surface area contributed by atoms with Crippen molar-refractivity contribution in [2.24, 2.45) is 0 Å². The quantitative estimate of drug-likeness (QED) is 0.333. The molecule has 2 saturated heterocycles. The molecule has 2 aliphatic rings.